The first kappa shape index (κ1) is 25.2. The average molecular weight is 511 g/mol. The van der Waals surface area contributed by atoms with Crippen LogP contribution in [-0.4, -0.2) is 45.8 Å². The highest BCUT2D eigenvalue weighted by molar-refractivity contribution is 6.30. The van der Waals surface area contributed by atoms with Crippen LogP contribution in [0.2, 0.25) is 5.02 Å². The van der Waals surface area contributed by atoms with Crippen LogP contribution in [0.3, 0.4) is 0 Å². The minimum atomic E-state index is -0.181. The van der Waals surface area contributed by atoms with Gasteiger partial charge in [-0.05, 0) is 66.6 Å². The zero-order valence-corrected chi connectivity index (χ0v) is 20.8. The van der Waals surface area contributed by atoms with Crippen LogP contribution in [0.25, 0.3) is 0 Å². The first-order valence-electron chi connectivity index (χ1n) is 11.4. The van der Waals surface area contributed by atoms with Crippen molar-refractivity contribution < 1.29 is 28.5 Å². The van der Waals surface area contributed by atoms with E-state index in [-0.39, 0.29) is 31.4 Å². The lowest BCUT2D eigenvalue weighted by atomic mass is 10.1. The molecule has 36 heavy (non-hydrogen) atoms. The summed E-state index contributed by atoms with van der Waals surface area (Å²) >= 11 is 5.91. The van der Waals surface area contributed by atoms with Gasteiger partial charge < -0.3 is 29.2 Å². The molecule has 4 rings (SSSR count). The van der Waals surface area contributed by atoms with E-state index in [1.54, 1.807) is 61.6 Å². The van der Waals surface area contributed by atoms with Crippen LogP contribution in [0.15, 0.2) is 60.7 Å². The predicted octanol–water partition coefficient (Wildman–Crippen LogP) is 4.73. The van der Waals surface area contributed by atoms with Crippen molar-refractivity contribution >= 4 is 34.8 Å². The molecular weight excluding hydrogens is 484 g/mol. The minimum absolute atomic E-state index is 0.0506. The molecule has 1 aliphatic rings. The molecule has 1 heterocycles. The van der Waals surface area contributed by atoms with Crippen LogP contribution in [-0.2, 0) is 16.0 Å². The standard InChI is InChI=1S/C27H27ClN2O6/c1-33-24-10-3-18(15-25(24)34-2)4-12-26(31)29-20-7-11-23-22(16-20)30(27(32)17-36-23)13-14-35-21-8-5-19(28)6-9-21/h3,5-11,15-16H,4,12-14,17H2,1-2H3,(H,29,31). The van der Waals surface area contributed by atoms with Crippen molar-refractivity contribution in [2.24, 2.45) is 0 Å². The van der Waals surface area contributed by atoms with Crippen molar-refractivity contribution in [1.82, 2.24) is 0 Å². The van der Waals surface area contributed by atoms with Gasteiger partial charge in [0, 0.05) is 17.1 Å². The molecule has 1 N–H and O–H groups in total. The molecule has 0 saturated heterocycles. The van der Waals surface area contributed by atoms with Gasteiger partial charge in [0.25, 0.3) is 5.91 Å². The van der Waals surface area contributed by atoms with E-state index < -0.39 is 0 Å². The predicted molar refractivity (Wildman–Crippen MR) is 138 cm³/mol. The quantitative estimate of drug-likeness (QED) is 0.424. The third-order valence-corrected chi connectivity index (χ3v) is 5.92. The number of methoxy groups -OCH3 is 2. The number of halogens is 1. The van der Waals surface area contributed by atoms with E-state index in [1.807, 2.05) is 18.2 Å². The Morgan fingerprint density at radius 1 is 1.03 bits per heavy atom. The van der Waals surface area contributed by atoms with Crippen LogP contribution in [0.1, 0.15) is 12.0 Å². The Balaban J connectivity index is 1.37. The molecule has 9 heteroatoms. The molecule has 0 bridgehead atoms. The number of fused-ring (bicyclic) bond motifs is 1. The number of anilines is 2. The summed E-state index contributed by atoms with van der Waals surface area (Å²) in [5.74, 6) is 2.17. The monoisotopic (exact) mass is 510 g/mol. The van der Waals surface area contributed by atoms with Gasteiger partial charge in [0.15, 0.2) is 18.1 Å². The number of nitrogens with zero attached hydrogens (tertiary/aromatic N) is 1. The molecular formula is C27H27ClN2O6. The summed E-state index contributed by atoms with van der Waals surface area (Å²) < 4.78 is 21.9. The topological polar surface area (TPSA) is 86.3 Å². The Labute approximate surface area is 214 Å². The van der Waals surface area contributed by atoms with E-state index in [9.17, 15) is 9.59 Å². The Morgan fingerprint density at radius 2 is 1.81 bits per heavy atom. The number of hydrogen-bond acceptors (Lipinski definition) is 6. The fourth-order valence-electron chi connectivity index (χ4n) is 3.83. The first-order valence-corrected chi connectivity index (χ1v) is 11.8. The maximum Gasteiger partial charge on any atom is 0.265 e. The molecule has 8 nitrogen and oxygen atoms in total. The molecule has 2 amide bonds. The SMILES string of the molecule is COc1ccc(CCC(=O)Nc2ccc3c(c2)N(CCOc2ccc(Cl)cc2)C(=O)CO3)cc1OC. The second kappa shape index (κ2) is 11.7. The van der Waals surface area contributed by atoms with E-state index in [4.69, 9.17) is 30.5 Å². The van der Waals surface area contributed by atoms with Gasteiger partial charge in [-0.3, -0.25) is 9.59 Å². The largest absolute Gasteiger partial charge is 0.493 e. The highest BCUT2D eigenvalue weighted by atomic mass is 35.5. The molecule has 0 radical (unpaired) electrons. The van der Waals surface area contributed by atoms with E-state index in [0.717, 1.165) is 5.56 Å². The number of carbonyl (C=O) groups is 2. The van der Waals surface area contributed by atoms with E-state index >= 15 is 0 Å². The van der Waals surface area contributed by atoms with E-state index in [2.05, 4.69) is 5.32 Å². The first-order chi connectivity index (χ1) is 17.5. The Morgan fingerprint density at radius 3 is 2.56 bits per heavy atom. The second-order valence-corrected chi connectivity index (χ2v) is 8.49. The van der Waals surface area contributed by atoms with Crippen molar-refractivity contribution in [2.75, 3.05) is 44.2 Å². The van der Waals surface area contributed by atoms with Gasteiger partial charge in [0.2, 0.25) is 5.91 Å². The van der Waals surface area contributed by atoms with Crippen LogP contribution >= 0.6 is 11.6 Å². The fraction of sp³-hybridized carbons (Fsp3) is 0.259. The minimum Gasteiger partial charge on any atom is -0.493 e. The third kappa shape index (κ3) is 6.20. The number of amides is 2. The summed E-state index contributed by atoms with van der Waals surface area (Å²) in [6.07, 6.45) is 0.813. The lowest BCUT2D eigenvalue weighted by molar-refractivity contribution is -0.121. The number of nitrogens with one attached hydrogen (secondary N) is 1. The van der Waals surface area contributed by atoms with Crippen molar-refractivity contribution in [1.29, 1.82) is 0 Å². The van der Waals surface area contributed by atoms with Crippen LogP contribution in [0.4, 0.5) is 11.4 Å². The lowest BCUT2D eigenvalue weighted by Gasteiger charge is -2.29. The number of rotatable bonds is 10. The number of carbonyl (C=O) groups excluding carboxylic acids is 2. The molecule has 0 aromatic heterocycles. The molecule has 0 spiro atoms. The molecule has 0 aliphatic carbocycles. The smallest absolute Gasteiger partial charge is 0.265 e. The highest BCUT2D eigenvalue weighted by Gasteiger charge is 2.26. The van der Waals surface area contributed by atoms with Gasteiger partial charge in [0.05, 0.1) is 26.5 Å². The zero-order chi connectivity index (χ0) is 25.5. The van der Waals surface area contributed by atoms with Gasteiger partial charge >= 0.3 is 0 Å². The normalized spacial score (nSPS) is 12.4. The molecule has 3 aromatic rings. The summed E-state index contributed by atoms with van der Waals surface area (Å²) in [4.78, 5) is 26.8. The number of hydrogen-bond donors (Lipinski definition) is 1. The van der Waals surface area contributed by atoms with Gasteiger partial charge in [-0.1, -0.05) is 17.7 Å². The van der Waals surface area contributed by atoms with Gasteiger partial charge in [0.1, 0.15) is 18.1 Å². The average Bonchev–Trinajstić information content (AvgIpc) is 2.89. The lowest BCUT2D eigenvalue weighted by Crippen LogP contribution is -2.41. The van der Waals surface area contributed by atoms with Crippen LogP contribution in [0, 0.1) is 0 Å². The van der Waals surface area contributed by atoms with Gasteiger partial charge in [-0.15, -0.1) is 0 Å². The summed E-state index contributed by atoms with van der Waals surface area (Å²) in [7, 11) is 3.15. The Bertz CT molecular complexity index is 1230. The molecule has 1 aliphatic heterocycles. The maximum absolute atomic E-state index is 12.6. The summed E-state index contributed by atoms with van der Waals surface area (Å²) in [6, 6.07) is 17.8. The summed E-state index contributed by atoms with van der Waals surface area (Å²) in [6.45, 7) is 0.564. The fourth-order valence-corrected chi connectivity index (χ4v) is 3.95. The van der Waals surface area contributed by atoms with E-state index in [1.165, 1.54) is 0 Å². The number of ether oxygens (including phenoxy) is 4. The molecule has 0 fully saturated rings. The molecule has 3 aromatic carbocycles. The third-order valence-electron chi connectivity index (χ3n) is 5.67. The Hall–Kier alpha value is -3.91. The molecule has 188 valence electrons. The zero-order valence-electron chi connectivity index (χ0n) is 20.1. The second-order valence-electron chi connectivity index (χ2n) is 8.06. The van der Waals surface area contributed by atoms with Crippen LogP contribution in [0.5, 0.6) is 23.0 Å². The summed E-state index contributed by atoms with van der Waals surface area (Å²) in [5.41, 5.74) is 2.12. The maximum atomic E-state index is 12.6. The summed E-state index contributed by atoms with van der Waals surface area (Å²) in [5, 5.41) is 3.53. The van der Waals surface area contributed by atoms with Crippen molar-refractivity contribution in [3.05, 3.63) is 71.2 Å². The molecule has 0 unspecified atom stereocenters. The van der Waals surface area contributed by atoms with Gasteiger partial charge in [-0.25, -0.2) is 0 Å². The highest BCUT2D eigenvalue weighted by Crippen LogP contribution is 2.35. The van der Waals surface area contributed by atoms with Crippen molar-refractivity contribution in [2.45, 2.75) is 12.8 Å². The molecule has 0 saturated carbocycles. The van der Waals surface area contributed by atoms with Crippen molar-refractivity contribution in [3.8, 4) is 23.0 Å². The van der Waals surface area contributed by atoms with E-state index in [0.29, 0.717) is 52.4 Å². The Kier molecular flexibility index (Phi) is 8.17. The van der Waals surface area contributed by atoms with Crippen molar-refractivity contribution in [3.63, 3.8) is 0 Å². The molecule has 0 atom stereocenters. The van der Waals surface area contributed by atoms with Gasteiger partial charge in [-0.2, -0.15) is 0 Å². The number of aryl methyl sites for hydroxylation is 1. The number of benzene rings is 3. The van der Waals surface area contributed by atoms with Crippen LogP contribution < -0.4 is 29.2 Å².